The molecule has 82 valence electrons. The molecule has 14 heavy (non-hydrogen) atoms. The van der Waals surface area contributed by atoms with E-state index in [4.69, 9.17) is 9.84 Å². The van der Waals surface area contributed by atoms with Gasteiger partial charge in [-0.15, -0.1) is 0 Å². The Morgan fingerprint density at radius 2 is 1.86 bits per heavy atom. The molecule has 4 nitrogen and oxygen atoms in total. The van der Waals surface area contributed by atoms with Crippen molar-refractivity contribution in [1.29, 1.82) is 0 Å². The van der Waals surface area contributed by atoms with Gasteiger partial charge in [-0.05, 0) is 27.2 Å². The minimum absolute atomic E-state index is 0.0277. The predicted molar refractivity (Wildman–Crippen MR) is 51.8 cm³/mol. The maximum atomic E-state index is 11.1. The zero-order valence-corrected chi connectivity index (χ0v) is 9.00. The van der Waals surface area contributed by atoms with Gasteiger partial charge in [-0.25, -0.2) is 0 Å². The van der Waals surface area contributed by atoms with E-state index in [9.17, 15) is 9.59 Å². The van der Waals surface area contributed by atoms with E-state index in [2.05, 4.69) is 0 Å². The molecule has 0 aliphatic heterocycles. The number of esters is 1. The molecule has 1 N–H and O–H groups in total. The number of aliphatic hydroxyl groups is 1. The largest absolute Gasteiger partial charge is 0.460 e. The van der Waals surface area contributed by atoms with Crippen molar-refractivity contribution in [2.45, 2.75) is 45.6 Å². The fourth-order valence-electron chi connectivity index (χ4n) is 0.903. The maximum Gasteiger partial charge on any atom is 0.313 e. The fraction of sp³-hybridized carbons (Fsp3) is 0.800. The lowest BCUT2D eigenvalue weighted by Crippen LogP contribution is -2.25. The molecule has 0 aromatic heterocycles. The molecule has 0 heterocycles. The maximum absolute atomic E-state index is 11.1. The molecule has 0 spiro atoms. The van der Waals surface area contributed by atoms with E-state index in [1.165, 1.54) is 0 Å². The summed E-state index contributed by atoms with van der Waals surface area (Å²) in [7, 11) is 0. The standard InChI is InChI=1S/C10H18O4/c1-10(2,3)14-9(13)7-8(12)5-4-6-11/h11H,4-7H2,1-3H3. The van der Waals surface area contributed by atoms with E-state index < -0.39 is 11.6 Å². The topological polar surface area (TPSA) is 63.6 Å². The molecule has 0 rings (SSSR count). The van der Waals surface area contributed by atoms with Crippen LogP contribution in [0.5, 0.6) is 0 Å². The Morgan fingerprint density at radius 1 is 1.29 bits per heavy atom. The number of Topliss-reactive ketones (excluding diaryl/α,β-unsaturated/α-hetero) is 1. The lowest BCUT2D eigenvalue weighted by Gasteiger charge is -2.19. The average molecular weight is 202 g/mol. The second-order valence-corrected chi connectivity index (χ2v) is 4.13. The summed E-state index contributed by atoms with van der Waals surface area (Å²) in [5.74, 6) is -0.686. The zero-order valence-electron chi connectivity index (χ0n) is 9.00. The summed E-state index contributed by atoms with van der Waals surface area (Å²) in [6.07, 6.45) is 0.439. The van der Waals surface area contributed by atoms with Crippen LogP contribution in [0.2, 0.25) is 0 Å². The van der Waals surface area contributed by atoms with Gasteiger partial charge in [0.1, 0.15) is 17.8 Å². The smallest absolute Gasteiger partial charge is 0.313 e. The van der Waals surface area contributed by atoms with Crippen LogP contribution in [0.15, 0.2) is 0 Å². The highest BCUT2D eigenvalue weighted by Crippen LogP contribution is 2.09. The van der Waals surface area contributed by atoms with E-state index in [1.54, 1.807) is 20.8 Å². The van der Waals surface area contributed by atoms with Crippen molar-refractivity contribution in [3.63, 3.8) is 0 Å². The summed E-state index contributed by atoms with van der Waals surface area (Å²) in [6.45, 7) is 5.23. The van der Waals surface area contributed by atoms with Crippen LogP contribution in [0.3, 0.4) is 0 Å². The van der Waals surface area contributed by atoms with Crippen molar-refractivity contribution >= 4 is 11.8 Å². The highest BCUT2D eigenvalue weighted by Gasteiger charge is 2.18. The van der Waals surface area contributed by atoms with Crippen LogP contribution >= 0.6 is 0 Å². The molecule has 0 aromatic carbocycles. The Labute approximate surface area is 84.3 Å². The van der Waals surface area contributed by atoms with Crippen molar-refractivity contribution < 1.29 is 19.4 Å². The highest BCUT2D eigenvalue weighted by atomic mass is 16.6. The molecule has 0 fully saturated rings. The van der Waals surface area contributed by atoms with Crippen LogP contribution in [0.25, 0.3) is 0 Å². The van der Waals surface area contributed by atoms with Crippen LogP contribution in [-0.2, 0) is 14.3 Å². The Morgan fingerprint density at radius 3 is 2.29 bits per heavy atom. The lowest BCUT2D eigenvalue weighted by atomic mass is 10.1. The number of aliphatic hydroxyl groups excluding tert-OH is 1. The van der Waals surface area contributed by atoms with Gasteiger partial charge in [0.25, 0.3) is 0 Å². The summed E-state index contributed by atoms with van der Waals surface area (Å²) in [4.78, 5) is 22.2. The molecule has 0 saturated heterocycles. The first kappa shape index (κ1) is 13.1. The minimum atomic E-state index is -0.547. The van der Waals surface area contributed by atoms with Gasteiger partial charge in [-0.2, -0.15) is 0 Å². The van der Waals surface area contributed by atoms with Crippen molar-refractivity contribution in [2.75, 3.05) is 6.61 Å². The molecule has 0 atom stereocenters. The zero-order chi connectivity index (χ0) is 11.2. The Bertz CT molecular complexity index is 203. The molecule has 0 amide bonds. The van der Waals surface area contributed by atoms with Crippen molar-refractivity contribution in [3.05, 3.63) is 0 Å². The second-order valence-electron chi connectivity index (χ2n) is 4.13. The number of carbonyl (C=O) groups is 2. The molecule has 0 aliphatic carbocycles. The Hall–Kier alpha value is -0.900. The molecule has 0 aromatic rings. The lowest BCUT2D eigenvalue weighted by molar-refractivity contribution is -0.156. The molecular formula is C10H18O4. The van der Waals surface area contributed by atoms with Crippen molar-refractivity contribution in [2.24, 2.45) is 0 Å². The van der Waals surface area contributed by atoms with Gasteiger partial charge in [0.15, 0.2) is 0 Å². The summed E-state index contributed by atoms with van der Waals surface area (Å²) < 4.78 is 4.97. The first-order valence-corrected chi connectivity index (χ1v) is 4.69. The van der Waals surface area contributed by atoms with E-state index in [1.807, 2.05) is 0 Å². The second kappa shape index (κ2) is 5.75. The van der Waals surface area contributed by atoms with Crippen LogP contribution in [0.4, 0.5) is 0 Å². The monoisotopic (exact) mass is 202 g/mol. The normalized spacial score (nSPS) is 11.1. The molecule has 0 radical (unpaired) electrons. The number of ether oxygens (including phenoxy) is 1. The number of hydrogen-bond donors (Lipinski definition) is 1. The minimum Gasteiger partial charge on any atom is -0.460 e. The molecular weight excluding hydrogens is 184 g/mol. The quantitative estimate of drug-likeness (QED) is 0.535. The summed E-state index contributed by atoms with van der Waals surface area (Å²) in [5, 5.41) is 8.47. The molecule has 0 bridgehead atoms. The Balaban J connectivity index is 3.78. The fourth-order valence-corrected chi connectivity index (χ4v) is 0.903. The molecule has 0 unspecified atom stereocenters. The van der Waals surface area contributed by atoms with Crippen LogP contribution in [0, 0.1) is 0 Å². The van der Waals surface area contributed by atoms with E-state index in [-0.39, 0.29) is 25.2 Å². The number of hydrogen-bond acceptors (Lipinski definition) is 4. The SMILES string of the molecule is CC(C)(C)OC(=O)CC(=O)CCCO. The van der Waals surface area contributed by atoms with Crippen molar-refractivity contribution in [1.82, 2.24) is 0 Å². The van der Waals surface area contributed by atoms with Gasteiger partial charge in [-0.1, -0.05) is 0 Å². The molecule has 0 aliphatic rings. The van der Waals surface area contributed by atoms with Crippen LogP contribution in [-0.4, -0.2) is 29.1 Å². The third-order valence-corrected chi connectivity index (χ3v) is 1.38. The van der Waals surface area contributed by atoms with Crippen LogP contribution in [0.1, 0.15) is 40.0 Å². The van der Waals surface area contributed by atoms with E-state index in [0.717, 1.165) is 0 Å². The molecule has 0 saturated carbocycles. The first-order chi connectivity index (χ1) is 6.35. The van der Waals surface area contributed by atoms with Gasteiger partial charge in [0, 0.05) is 13.0 Å². The number of rotatable bonds is 5. The van der Waals surface area contributed by atoms with Gasteiger partial charge >= 0.3 is 5.97 Å². The van der Waals surface area contributed by atoms with Crippen LogP contribution < -0.4 is 0 Å². The predicted octanol–water partition coefficient (Wildman–Crippen LogP) is 1.06. The average Bonchev–Trinajstić information content (AvgIpc) is 1.96. The summed E-state index contributed by atoms with van der Waals surface area (Å²) in [5.41, 5.74) is -0.547. The third kappa shape index (κ3) is 7.73. The van der Waals surface area contributed by atoms with Gasteiger partial charge in [0.05, 0.1) is 0 Å². The third-order valence-electron chi connectivity index (χ3n) is 1.38. The summed E-state index contributed by atoms with van der Waals surface area (Å²) >= 11 is 0. The van der Waals surface area contributed by atoms with E-state index in [0.29, 0.717) is 6.42 Å². The van der Waals surface area contributed by atoms with Gasteiger partial charge in [0.2, 0.25) is 0 Å². The molecule has 4 heteroatoms. The van der Waals surface area contributed by atoms with Gasteiger partial charge < -0.3 is 9.84 Å². The highest BCUT2D eigenvalue weighted by molar-refractivity contribution is 5.95. The Kier molecular flexibility index (Phi) is 5.38. The number of carbonyl (C=O) groups excluding carboxylic acids is 2. The summed E-state index contributed by atoms with van der Waals surface area (Å²) in [6, 6.07) is 0. The van der Waals surface area contributed by atoms with E-state index >= 15 is 0 Å². The first-order valence-electron chi connectivity index (χ1n) is 4.69. The van der Waals surface area contributed by atoms with Crippen molar-refractivity contribution in [3.8, 4) is 0 Å². The van der Waals surface area contributed by atoms with Gasteiger partial charge in [-0.3, -0.25) is 9.59 Å². The number of ketones is 1.